The molecule has 0 saturated carbocycles. The van der Waals surface area contributed by atoms with Crippen molar-refractivity contribution in [1.29, 1.82) is 0 Å². The van der Waals surface area contributed by atoms with Gasteiger partial charge in [0.05, 0.1) is 11.9 Å². The van der Waals surface area contributed by atoms with Gasteiger partial charge in [-0.2, -0.15) is 0 Å². The first-order chi connectivity index (χ1) is 19.0. The molecule has 11 heteroatoms. The summed E-state index contributed by atoms with van der Waals surface area (Å²) in [5, 5.41) is 3.57. The van der Waals surface area contributed by atoms with E-state index in [1.165, 1.54) is 12.4 Å². The van der Waals surface area contributed by atoms with Crippen LogP contribution >= 0.6 is 0 Å². The van der Waals surface area contributed by atoms with E-state index in [2.05, 4.69) is 42.0 Å². The highest BCUT2D eigenvalue weighted by Gasteiger charge is 2.30. The van der Waals surface area contributed by atoms with E-state index >= 15 is 4.39 Å². The summed E-state index contributed by atoms with van der Waals surface area (Å²) in [5.74, 6) is -0.0424. The van der Waals surface area contributed by atoms with E-state index < -0.39 is 5.82 Å². The van der Waals surface area contributed by atoms with Gasteiger partial charge in [0.2, 0.25) is 5.88 Å². The molecule has 10 nitrogen and oxygen atoms in total. The van der Waals surface area contributed by atoms with Crippen molar-refractivity contribution in [3.63, 3.8) is 0 Å². The third-order valence-corrected chi connectivity index (χ3v) is 7.39. The number of likely N-dealkylation sites (N-methyl/N-ethyl adjacent to an activating group) is 1. The maximum atomic E-state index is 15.3. The number of hydrogen-bond donors (Lipinski definition) is 2. The van der Waals surface area contributed by atoms with Crippen molar-refractivity contribution in [2.24, 2.45) is 0 Å². The van der Waals surface area contributed by atoms with Crippen molar-refractivity contribution in [1.82, 2.24) is 29.7 Å². The second kappa shape index (κ2) is 10.5. The Morgan fingerprint density at radius 2 is 1.90 bits per heavy atom. The molecular formula is C28H31FN8O2. The van der Waals surface area contributed by atoms with Crippen molar-refractivity contribution >= 4 is 34.1 Å². The molecule has 39 heavy (non-hydrogen) atoms. The molecule has 202 valence electrons. The van der Waals surface area contributed by atoms with Gasteiger partial charge in [-0.15, -0.1) is 0 Å². The lowest BCUT2D eigenvalue weighted by atomic mass is 10.1. The zero-order valence-electron chi connectivity index (χ0n) is 22.1. The van der Waals surface area contributed by atoms with Crippen molar-refractivity contribution in [2.75, 3.05) is 56.0 Å². The molecule has 3 aromatic heterocycles. The molecule has 4 aromatic rings. The number of fused-ring (bicyclic) bond motifs is 1. The summed E-state index contributed by atoms with van der Waals surface area (Å²) in [4.78, 5) is 36.1. The van der Waals surface area contributed by atoms with Gasteiger partial charge < -0.3 is 29.7 Å². The average Bonchev–Trinajstić information content (AvgIpc) is 3.31. The number of H-pyrrole nitrogens is 1. The fourth-order valence-corrected chi connectivity index (χ4v) is 4.97. The lowest BCUT2D eigenvalue weighted by molar-refractivity contribution is 0.0649. The van der Waals surface area contributed by atoms with Crippen molar-refractivity contribution in [2.45, 2.75) is 20.3 Å². The summed E-state index contributed by atoms with van der Waals surface area (Å²) < 4.78 is 21.2. The first kappa shape index (κ1) is 25.1. The number of nitrogens with one attached hydrogen (secondary N) is 2. The molecule has 0 radical (unpaired) electrons. The number of ether oxygens (including phenoxy) is 1. The molecule has 1 aromatic carbocycles. The molecule has 0 spiro atoms. The van der Waals surface area contributed by atoms with E-state index in [9.17, 15) is 4.79 Å². The first-order valence-electron chi connectivity index (χ1n) is 13.3. The van der Waals surface area contributed by atoms with Crippen LogP contribution in [0.1, 0.15) is 29.4 Å². The van der Waals surface area contributed by atoms with Gasteiger partial charge in [-0.3, -0.25) is 4.79 Å². The molecule has 5 heterocycles. The maximum Gasteiger partial charge on any atom is 0.263 e. The summed E-state index contributed by atoms with van der Waals surface area (Å²) >= 11 is 0. The summed E-state index contributed by atoms with van der Waals surface area (Å²) in [5.41, 5.74) is 2.69. The highest BCUT2D eigenvalue weighted by molar-refractivity contribution is 6.02. The smallest absolute Gasteiger partial charge is 0.263 e. The predicted molar refractivity (Wildman–Crippen MR) is 147 cm³/mol. The second-order valence-corrected chi connectivity index (χ2v) is 9.89. The van der Waals surface area contributed by atoms with Gasteiger partial charge in [0.1, 0.15) is 17.7 Å². The Labute approximate surface area is 225 Å². The number of likely N-dealkylation sites (tertiary alicyclic amines) is 1. The highest BCUT2D eigenvalue weighted by Crippen LogP contribution is 2.34. The van der Waals surface area contributed by atoms with Crippen LogP contribution < -0.4 is 15.0 Å². The Morgan fingerprint density at radius 1 is 1.08 bits per heavy atom. The third-order valence-electron chi connectivity index (χ3n) is 7.39. The zero-order valence-corrected chi connectivity index (χ0v) is 22.1. The Hall–Kier alpha value is -4.25. The van der Waals surface area contributed by atoms with E-state index in [1.54, 1.807) is 17.0 Å². The molecular weight excluding hydrogens is 499 g/mol. The number of nitrogens with zero attached hydrogens (tertiary/aromatic N) is 6. The van der Waals surface area contributed by atoms with Crippen LogP contribution in [0.15, 0.2) is 42.9 Å². The molecule has 6 rings (SSSR count). The van der Waals surface area contributed by atoms with Crippen LogP contribution in [0.3, 0.4) is 0 Å². The van der Waals surface area contributed by atoms with Crippen LogP contribution in [-0.2, 0) is 0 Å². The number of pyridine rings is 1. The van der Waals surface area contributed by atoms with E-state index in [-0.39, 0.29) is 28.9 Å². The molecule has 2 aliphatic rings. The number of piperazine rings is 1. The highest BCUT2D eigenvalue weighted by atomic mass is 19.1. The van der Waals surface area contributed by atoms with Crippen molar-refractivity contribution in [3.8, 4) is 11.6 Å². The Kier molecular flexibility index (Phi) is 6.74. The minimum absolute atomic E-state index is 0.0136. The number of aryl methyl sites for hydroxylation is 1. The Balaban J connectivity index is 1.28. The predicted octanol–water partition coefficient (Wildman–Crippen LogP) is 4.32. The minimum atomic E-state index is -0.524. The Morgan fingerprint density at radius 3 is 2.59 bits per heavy atom. The lowest BCUT2D eigenvalue weighted by Crippen LogP contribution is -2.46. The van der Waals surface area contributed by atoms with Gasteiger partial charge in [-0.1, -0.05) is 6.92 Å². The number of anilines is 3. The van der Waals surface area contributed by atoms with Crippen molar-refractivity contribution < 1.29 is 13.9 Å². The number of amides is 1. The molecule has 0 atom stereocenters. The molecule has 2 fully saturated rings. The molecule has 0 bridgehead atoms. The molecule has 2 aliphatic heterocycles. The number of hydrogen-bond acceptors (Lipinski definition) is 8. The van der Waals surface area contributed by atoms with Gasteiger partial charge in [0.15, 0.2) is 17.4 Å². The van der Waals surface area contributed by atoms with Gasteiger partial charge in [0.25, 0.3) is 5.91 Å². The standard InChI is InChI=1S/C28H31FN8O2/c1-3-35-11-13-36(14-12-35)19-5-8-23(30-16-19)34-26-24(28(38)37-9-4-10-37)27(32-17-31-26)39-22-7-6-21-20(25(22)29)15-18(2)33-21/h5-8,15-17,33H,3-4,9-14H2,1-2H3,(H,30,31,32,34). The fourth-order valence-electron chi connectivity index (χ4n) is 4.97. The number of aromatic nitrogens is 4. The first-order valence-corrected chi connectivity index (χ1v) is 13.3. The van der Waals surface area contributed by atoms with Gasteiger partial charge >= 0.3 is 0 Å². The molecule has 2 saturated heterocycles. The van der Waals surface area contributed by atoms with E-state index in [1.807, 2.05) is 25.3 Å². The summed E-state index contributed by atoms with van der Waals surface area (Å²) in [7, 11) is 0. The van der Waals surface area contributed by atoms with Crippen LogP contribution in [0.4, 0.5) is 21.7 Å². The van der Waals surface area contributed by atoms with Gasteiger partial charge in [0, 0.05) is 55.9 Å². The third kappa shape index (κ3) is 4.97. The van der Waals surface area contributed by atoms with Crippen LogP contribution in [-0.4, -0.2) is 81.5 Å². The van der Waals surface area contributed by atoms with Crippen molar-refractivity contribution in [3.05, 3.63) is 59.9 Å². The maximum absolute atomic E-state index is 15.3. The van der Waals surface area contributed by atoms with E-state index in [0.717, 1.165) is 50.5 Å². The largest absolute Gasteiger partial charge is 0.435 e. The van der Waals surface area contributed by atoms with Crippen LogP contribution in [0, 0.1) is 12.7 Å². The summed E-state index contributed by atoms with van der Waals surface area (Å²) in [6.45, 7) is 10.3. The molecule has 0 aliphatic carbocycles. The van der Waals surface area contributed by atoms with Crippen LogP contribution in [0.5, 0.6) is 11.6 Å². The van der Waals surface area contributed by atoms with Gasteiger partial charge in [-0.05, 0) is 50.2 Å². The quantitative estimate of drug-likeness (QED) is 0.364. The molecule has 2 N–H and O–H groups in total. The number of rotatable bonds is 7. The number of benzene rings is 1. The normalized spacial score (nSPS) is 15.9. The number of carbonyl (C=O) groups excluding carboxylic acids is 1. The fraction of sp³-hybridized carbons (Fsp3) is 0.357. The SMILES string of the molecule is CCN1CCN(c2ccc(Nc3ncnc(Oc4ccc5[nH]c(C)cc5c4F)c3C(=O)N3CCC3)nc2)CC1. The van der Waals surface area contributed by atoms with Gasteiger partial charge in [-0.25, -0.2) is 19.3 Å². The number of aromatic amines is 1. The minimum Gasteiger partial charge on any atom is -0.435 e. The van der Waals surface area contributed by atoms with Crippen LogP contribution in [0.2, 0.25) is 0 Å². The number of carbonyl (C=O) groups is 1. The topological polar surface area (TPSA) is 103 Å². The molecule has 1 amide bonds. The van der Waals surface area contributed by atoms with E-state index in [4.69, 9.17) is 4.74 Å². The average molecular weight is 531 g/mol. The molecule has 0 unspecified atom stereocenters. The second-order valence-electron chi connectivity index (χ2n) is 9.89. The zero-order chi connectivity index (χ0) is 26.9. The van der Waals surface area contributed by atoms with E-state index in [0.29, 0.717) is 29.8 Å². The summed E-state index contributed by atoms with van der Waals surface area (Å²) in [6.07, 6.45) is 4.04. The number of halogens is 1. The monoisotopic (exact) mass is 530 g/mol. The van der Waals surface area contributed by atoms with Crippen LogP contribution in [0.25, 0.3) is 10.9 Å². The Bertz CT molecular complexity index is 1490. The summed E-state index contributed by atoms with van der Waals surface area (Å²) in [6, 6.07) is 8.86. The lowest BCUT2D eigenvalue weighted by Gasteiger charge is -2.35.